The second-order valence-electron chi connectivity index (χ2n) is 7.88. The molecule has 4 nitrogen and oxygen atoms in total. The highest BCUT2D eigenvalue weighted by molar-refractivity contribution is 6.02. The molecule has 2 aromatic carbocycles. The zero-order valence-corrected chi connectivity index (χ0v) is 17.3. The molecule has 2 heterocycles. The highest BCUT2D eigenvalue weighted by atomic mass is 16.3. The molecule has 30 heavy (non-hydrogen) atoms. The van der Waals surface area contributed by atoms with Gasteiger partial charge in [-0.2, -0.15) is 0 Å². The molecule has 0 unspecified atom stereocenters. The maximum absolute atomic E-state index is 10.4. The van der Waals surface area contributed by atoms with Crippen molar-refractivity contribution in [1.82, 2.24) is 9.88 Å². The molecule has 1 fully saturated rings. The Morgan fingerprint density at radius 3 is 2.40 bits per heavy atom. The van der Waals surface area contributed by atoms with E-state index in [0.29, 0.717) is 18.2 Å². The van der Waals surface area contributed by atoms with Gasteiger partial charge in [-0.3, -0.25) is 9.98 Å². The van der Waals surface area contributed by atoms with E-state index in [2.05, 4.69) is 40.2 Å². The summed E-state index contributed by atoms with van der Waals surface area (Å²) >= 11 is 0. The molecule has 4 heteroatoms. The van der Waals surface area contributed by atoms with Crippen LogP contribution in [0, 0.1) is 0 Å². The van der Waals surface area contributed by atoms with Gasteiger partial charge in [-0.25, -0.2) is 0 Å². The maximum atomic E-state index is 10.4. The van der Waals surface area contributed by atoms with Crippen LogP contribution in [0.4, 0.5) is 0 Å². The molecule has 3 aromatic rings. The Morgan fingerprint density at radius 2 is 1.67 bits per heavy atom. The maximum Gasteiger partial charge on any atom is 0.124 e. The van der Waals surface area contributed by atoms with Crippen LogP contribution in [-0.2, 0) is 6.54 Å². The minimum atomic E-state index is 0.292. The van der Waals surface area contributed by atoms with Crippen molar-refractivity contribution >= 4 is 5.71 Å². The first kappa shape index (κ1) is 20.3. The first-order valence-electron chi connectivity index (χ1n) is 10.8. The highest BCUT2D eigenvalue weighted by Gasteiger charge is 2.21. The summed E-state index contributed by atoms with van der Waals surface area (Å²) in [6, 6.07) is 24.2. The number of phenols is 1. The molecular weight excluding hydrogens is 370 g/mol. The number of hydrogen-bond donors (Lipinski definition) is 1. The SMILES string of the molecule is Oc1ccccc1C(CCN1CCC(c2ccccc2)CC1)=NCc1ccccn1. The van der Waals surface area contributed by atoms with Crippen molar-refractivity contribution in [3.05, 3.63) is 95.8 Å². The second kappa shape index (κ2) is 10.2. The Morgan fingerprint density at radius 1 is 0.933 bits per heavy atom. The number of pyridine rings is 1. The van der Waals surface area contributed by atoms with Gasteiger partial charge in [0.25, 0.3) is 0 Å². The summed E-state index contributed by atoms with van der Waals surface area (Å²) < 4.78 is 0. The number of benzene rings is 2. The number of aromatic nitrogens is 1. The fourth-order valence-electron chi connectivity index (χ4n) is 4.16. The molecule has 4 rings (SSSR count). The average Bonchev–Trinajstić information content (AvgIpc) is 2.81. The minimum Gasteiger partial charge on any atom is -0.507 e. The van der Waals surface area contributed by atoms with Crippen LogP contribution in [0.5, 0.6) is 5.75 Å². The number of phenolic OH excluding ortho intramolecular Hbond substituents is 1. The first-order chi connectivity index (χ1) is 14.8. The third-order valence-corrected chi connectivity index (χ3v) is 5.90. The zero-order valence-electron chi connectivity index (χ0n) is 17.3. The number of likely N-dealkylation sites (tertiary alicyclic amines) is 1. The summed E-state index contributed by atoms with van der Waals surface area (Å²) in [4.78, 5) is 11.7. The van der Waals surface area contributed by atoms with Crippen LogP contribution in [-0.4, -0.2) is 40.3 Å². The number of aliphatic imine (C=N–C) groups is 1. The van der Waals surface area contributed by atoms with E-state index in [9.17, 15) is 5.11 Å². The molecule has 0 aliphatic carbocycles. The molecule has 0 spiro atoms. The van der Waals surface area contributed by atoms with Crippen LogP contribution >= 0.6 is 0 Å². The summed E-state index contributed by atoms with van der Waals surface area (Å²) in [6.07, 6.45) is 5.00. The Hall–Kier alpha value is -2.98. The molecule has 1 saturated heterocycles. The molecule has 1 aliphatic heterocycles. The predicted octanol–water partition coefficient (Wildman–Crippen LogP) is 5.05. The summed E-state index contributed by atoms with van der Waals surface area (Å²) in [5.74, 6) is 0.956. The van der Waals surface area contributed by atoms with E-state index in [1.54, 1.807) is 12.3 Å². The fraction of sp³-hybridized carbons (Fsp3) is 0.308. The number of piperidine rings is 1. The number of hydrogen-bond acceptors (Lipinski definition) is 4. The fourth-order valence-corrected chi connectivity index (χ4v) is 4.16. The molecule has 0 bridgehead atoms. The van der Waals surface area contributed by atoms with E-state index in [1.165, 1.54) is 18.4 Å². The average molecular weight is 400 g/mol. The van der Waals surface area contributed by atoms with Gasteiger partial charge in [0.1, 0.15) is 5.75 Å². The van der Waals surface area contributed by atoms with E-state index in [1.807, 2.05) is 36.4 Å². The van der Waals surface area contributed by atoms with Crippen molar-refractivity contribution in [2.24, 2.45) is 4.99 Å². The van der Waals surface area contributed by atoms with E-state index in [0.717, 1.165) is 43.0 Å². The van der Waals surface area contributed by atoms with Crippen LogP contribution in [0.2, 0.25) is 0 Å². The Labute approximate surface area is 178 Å². The third-order valence-electron chi connectivity index (χ3n) is 5.90. The van der Waals surface area contributed by atoms with Crippen LogP contribution in [0.25, 0.3) is 0 Å². The van der Waals surface area contributed by atoms with E-state index < -0.39 is 0 Å². The summed E-state index contributed by atoms with van der Waals surface area (Å²) in [6.45, 7) is 3.69. The Bertz CT molecular complexity index is 948. The van der Waals surface area contributed by atoms with Crippen LogP contribution in [0.1, 0.15) is 42.0 Å². The van der Waals surface area contributed by atoms with Gasteiger partial charge < -0.3 is 10.0 Å². The minimum absolute atomic E-state index is 0.292. The van der Waals surface area contributed by atoms with Crippen molar-refractivity contribution in [2.75, 3.05) is 19.6 Å². The van der Waals surface area contributed by atoms with Crippen molar-refractivity contribution in [2.45, 2.75) is 31.7 Å². The molecule has 0 radical (unpaired) electrons. The smallest absolute Gasteiger partial charge is 0.124 e. The van der Waals surface area contributed by atoms with Crippen molar-refractivity contribution in [3.63, 3.8) is 0 Å². The number of aromatic hydroxyl groups is 1. The molecule has 0 atom stereocenters. The number of para-hydroxylation sites is 1. The lowest BCUT2D eigenvalue weighted by molar-refractivity contribution is 0.217. The Balaban J connectivity index is 1.39. The lowest BCUT2D eigenvalue weighted by atomic mass is 9.89. The van der Waals surface area contributed by atoms with Gasteiger partial charge >= 0.3 is 0 Å². The van der Waals surface area contributed by atoms with Gasteiger partial charge in [0.2, 0.25) is 0 Å². The molecule has 1 aliphatic rings. The lowest BCUT2D eigenvalue weighted by Gasteiger charge is -2.32. The van der Waals surface area contributed by atoms with Crippen LogP contribution in [0.15, 0.2) is 84.0 Å². The van der Waals surface area contributed by atoms with Gasteiger partial charge in [-0.1, -0.05) is 48.5 Å². The van der Waals surface area contributed by atoms with E-state index >= 15 is 0 Å². The van der Waals surface area contributed by atoms with Crippen molar-refractivity contribution in [3.8, 4) is 5.75 Å². The summed E-state index contributed by atoms with van der Waals surface area (Å²) in [5.41, 5.74) is 4.18. The Kier molecular flexibility index (Phi) is 6.88. The molecule has 1 N–H and O–H groups in total. The van der Waals surface area contributed by atoms with E-state index in [-0.39, 0.29) is 0 Å². The third kappa shape index (κ3) is 5.33. The quantitative estimate of drug-likeness (QED) is 0.566. The standard InChI is InChI=1S/C26H29N3O/c30-26-12-5-4-11-24(26)25(28-20-23-10-6-7-16-27-23)15-19-29-17-13-22(14-18-29)21-8-2-1-3-9-21/h1-12,16,22,30H,13-15,17-20H2. The topological polar surface area (TPSA) is 48.7 Å². The summed E-state index contributed by atoms with van der Waals surface area (Å²) in [7, 11) is 0. The van der Waals surface area contributed by atoms with Crippen molar-refractivity contribution in [1.29, 1.82) is 0 Å². The molecule has 1 aromatic heterocycles. The van der Waals surface area contributed by atoms with Crippen LogP contribution < -0.4 is 0 Å². The monoisotopic (exact) mass is 399 g/mol. The van der Waals surface area contributed by atoms with Gasteiger partial charge in [0.05, 0.1) is 12.2 Å². The molecule has 154 valence electrons. The van der Waals surface area contributed by atoms with Gasteiger partial charge in [0, 0.05) is 30.4 Å². The molecule has 0 amide bonds. The normalized spacial score (nSPS) is 15.9. The zero-order chi connectivity index (χ0) is 20.6. The van der Waals surface area contributed by atoms with Crippen molar-refractivity contribution < 1.29 is 5.11 Å². The van der Waals surface area contributed by atoms with E-state index in [4.69, 9.17) is 4.99 Å². The van der Waals surface area contributed by atoms with Gasteiger partial charge in [0.15, 0.2) is 0 Å². The lowest BCUT2D eigenvalue weighted by Crippen LogP contribution is -2.34. The van der Waals surface area contributed by atoms with Gasteiger partial charge in [-0.15, -0.1) is 0 Å². The summed E-state index contributed by atoms with van der Waals surface area (Å²) in [5, 5.41) is 10.4. The second-order valence-corrected chi connectivity index (χ2v) is 7.88. The van der Waals surface area contributed by atoms with Crippen LogP contribution in [0.3, 0.4) is 0 Å². The number of nitrogens with zero attached hydrogens (tertiary/aromatic N) is 3. The largest absolute Gasteiger partial charge is 0.507 e. The first-order valence-corrected chi connectivity index (χ1v) is 10.8. The number of rotatable bonds is 7. The predicted molar refractivity (Wildman–Crippen MR) is 122 cm³/mol. The van der Waals surface area contributed by atoms with Gasteiger partial charge in [-0.05, 0) is 61.7 Å². The molecule has 0 saturated carbocycles. The molecular formula is C26H29N3O. The highest BCUT2D eigenvalue weighted by Crippen LogP contribution is 2.28.